The van der Waals surface area contributed by atoms with Crippen molar-refractivity contribution in [2.24, 2.45) is 20.0 Å². The number of imidazole rings is 1. The number of fused-ring (bicyclic) bond motifs is 1. The Bertz CT molecular complexity index is 1190. The topological polar surface area (TPSA) is 82.3 Å². The summed E-state index contributed by atoms with van der Waals surface area (Å²) in [5, 5.41) is 0. The quantitative estimate of drug-likeness (QED) is 0.687. The summed E-state index contributed by atoms with van der Waals surface area (Å²) in [4.78, 5) is 12.3. The van der Waals surface area contributed by atoms with Crippen LogP contribution < -0.4 is 15.1 Å². The Morgan fingerprint density at radius 1 is 1.04 bits per heavy atom. The van der Waals surface area contributed by atoms with Gasteiger partial charge in [-0.15, -0.1) is 0 Å². The first kappa shape index (κ1) is 18.8. The fourth-order valence-electron chi connectivity index (χ4n) is 3.57. The monoisotopic (exact) mass is 401 g/mol. The molecule has 1 aliphatic carbocycles. The third-order valence-electron chi connectivity index (χ3n) is 5.40. The van der Waals surface area contributed by atoms with Gasteiger partial charge in [0.2, 0.25) is 10.0 Å². The predicted molar refractivity (Wildman–Crippen MR) is 107 cm³/mol. The van der Waals surface area contributed by atoms with Gasteiger partial charge >= 0.3 is 5.69 Å². The molecule has 1 atom stereocenters. The molecule has 0 aliphatic heterocycles. The van der Waals surface area contributed by atoms with Crippen LogP contribution in [-0.4, -0.2) is 24.7 Å². The SMILES string of the molecule is COc1ccc(C(NS(=O)(=O)c2ccc3c(c2)n(C)c(=O)n3C)C2CC2)cc1. The van der Waals surface area contributed by atoms with E-state index in [0.717, 1.165) is 24.2 Å². The first-order chi connectivity index (χ1) is 13.3. The van der Waals surface area contributed by atoms with Gasteiger partial charge in [-0.25, -0.2) is 17.9 Å². The summed E-state index contributed by atoms with van der Waals surface area (Å²) in [6.45, 7) is 0. The van der Waals surface area contributed by atoms with E-state index in [2.05, 4.69) is 4.72 Å². The van der Waals surface area contributed by atoms with Crippen LogP contribution in [0.1, 0.15) is 24.4 Å². The number of aromatic nitrogens is 2. The molecule has 1 unspecified atom stereocenters. The minimum atomic E-state index is -3.75. The van der Waals surface area contributed by atoms with Gasteiger partial charge in [0, 0.05) is 20.1 Å². The number of rotatable bonds is 6. The normalized spacial score (nSPS) is 15.7. The molecule has 28 heavy (non-hydrogen) atoms. The maximum absolute atomic E-state index is 13.1. The molecule has 1 saturated carbocycles. The molecule has 1 aromatic heterocycles. The highest BCUT2D eigenvalue weighted by Crippen LogP contribution is 2.42. The van der Waals surface area contributed by atoms with Crippen LogP contribution in [0.5, 0.6) is 5.75 Å². The number of benzene rings is 2. The lowest BCUT2D eigenvalue weighted by atomic mass is 10.0. The molecular formula is C20H23N3O4S. The number of hydrogen-bond donors (Lipinski definition) is 1. The van der Waals surface area contributed by atoms with Crippen LogP contribution in [0.15, 0.2) is 52.2 Å². The van der Waals surface area contributed by atoms with Crippen molar-refractivity contribution in [1.82, 2.24) is 13.9 Å². The highest BCUT2D eigenvalue weighted by Gasteiger charge is 2.35. The van der Waals surface area contributed by atoms with E-state index in [9.17, 15) is 13.2 Å². The van der Waals surface area contributed by atoms with E-state index in [1.54, 1.807) is 39.4 Å². The Hall–Kier alpha value is -2.58. The van der Waals surface area contributed by atoms with Crippen molar-refractivity contribution in [2.75, 3.05) is 7.11 Å². The van der Waals surface area contributed by atoms with Gasteiger partial charge in [-0.2, -0.15) is 0 Å². The highest BCUT2D eigenvalue weighted by molar-refractivity contribution is 7.89. The molecule has 0 saturated heterocycles. The Kier molecular flexibility index (Phi) is 4.55. The molecule has 8 heteroatoms. The average molecular weight is 401 g/mol. The number of aryl methyl sites for hydroxylation is 2. The number of hydrogen-bond acceptors (Lipinski definition) is 4. The van der Waals surface area contributed by atoms with Gasteiger partial charge in [0.1, 0.15) is 5.75 Å². The Morgan fingerprint density at radius 3 is 2.29 bits per heavy atom. The van der Waals surface area contributed by atoms with Gasteiger partial charge in [-0.05, 0) is 54.7 Å². The number of ether oxygens (including phenoxy) is 1. The average Bonchev–Trinajstić information content (AvgIpc) is 3.52. The van der Waals surface area contributed by atoms with E-state index in [4.69, 9.17) is 4.74 Å². The standard InChI is InChI=1S/C20H23N3O4S/c1-22-17-11-10-16(12-18(17)23(2)20(22)24)28(25,26)21-19(13-4-5-13)14-6-8-15(27-3)9-7-14/h6-13,19,21H,4-5H2,1-3H3. The van der Waals surface area contributed by atoms with Crippen LogP contribution in [0.2, 0.25) is 0 Å². The third-order valence-corrected chi connectivity index (χ3v) is 6.84. The largest absolute Gasteiger partial charge is 0.497 e. The zero-order valence-corrected chi connectivity index (χ0v) is 16.9. The van der Waals surface area contributed by atoms with Crippen molar-refractivity contribution in [2.45, 2.75) is 23.8 Å². The molecule has 148 valence electrons. The smallest absolute Gasteiger partial charge is 0.328 e. The molecule has 0 radical (unpaired) electrons. The number of nitrogens with one attached hydrogen (secondary N) is 1. The number of nitrogens with zero attached hydrogens (tertiary/aromatic N) is 2. The Morgan fingerprint density at radius 2 is 1.68 bits per heavy atom. The summed E-state index contributed by atoms with van der Waals surface area (Å²) in [5.74, 6) is 1.02. The summed E-state index contributed by atoms with van der Waals surface area (Å²) in [5.41, 5.74) is 2.01. The number of sulfonamides is 1. The highest BCUT2D eigenvalue weighted by atomic mass is 32.2. The van der Waals surface area contributed by atoms with Crippen molar-refractivity contribution in [3.05, 3.63) is 58.5 Å². The van der Waals surface area contributed by atoms with Gasteiger partial charge in [0.05, 0.1) is 23.0 Å². The van der Waals surface area contributed by atoms with Crippen molar-refractivity contribution in [1.29, 1.82) is 0 Å². The van der Waals surface area contributed by atoms with Crippen LogP contribution in [0.25, 0.3) is 11.0 Å². The van der Waals surface area contributed by atoms with Crippen LogP contribution in [-0.2, 0) is 24.1 Å². The van der Waals surface area contributed by atoms with E-state index in [0.29, 0.717) is 11.0 Å². The van der Waals surface area contributed by atoms with Gasteiger partial charge < -0.3 is 4.74 Å². The number of methoxy groups -OCH3 is 1. The summed E-state index contributed by atoms with van der Waals surface area (Å²) < 4.78 is 37.2. The molecule has 4 rings (SSSR count). The molecule has 1 N–H and O–H groups in total. The lowest BCUT2D eigenvalue weighted by Crippen LogP contribution is -2.30. The van der Waals surface area contributed by atoms with Crippen LogP contribution in [0.4, 0.5) is 0 Å². The van der Waals surface area contributed by atoms with Gasteiger partial charge in [0.15, 0.2) is 0 Å². The van der Waals surface area contributed by atoms with E-state index in [1.807, 2.05) is 24.3 Å². The molecule has 0 bridgehead atoms. The van der Waals surface area contributed by atoms with Crippen molar-refractivity contribution in [3.8, 4) is 5.75 Å². The fraction of sp³-hybridized carbons (Fsp3) is 0.350. The lowest BCUT2D eigenvalue weighted by Gasteiger charge is -2.19. The van der Waals surface area contributed by atoms with Crippen LogP contribution in [0, 0.1) is 5.92 Å². The van der Waals surface area contributed by atoms with E-state index in [1.165, 1.54) is 9.13 Å². The summed E-state index contributed by atoms with van der Waals surface area (Å²) >= 11 is 0. The maximum Gasteiger partial charge on any atom is 0.328 e. The molecule has 1 heterocycles. The zero-order valence-electron chi connectivity index (χ0n) is 16.0. The third kappa shape index (κ3) is 3.22. The van der Waals surface area contributed by atoms with E-state index >= 15 is 0 Å². The van der Waals surface area contributed by atoms with Crippen molar-refractivity contribution in [3.63, 3.8) is 0 Å². The van der Waals surface area contributed by atoms with Crippen molar-refractivity contribution >= 4 is 21.1 Å². The van der Waals surface area contributed by atoms with Crippen molar-refractivity contribution < 1.29 is 13.2 Å². The second kappa shape index (κ2) is 6.79. The molecule has 0 amide bonds. The first-order valence-corrected chi connectivity index (χ1v) is 10.6. The Labute approximate surface area is 163 Å². The second-order valence-corrected chi connectivity index (χ2v) is 8.97. The molecular weight excluding hydrogens is 378 g/mol. The predicted octanol–water partition coefficient (Wildman–Crippen LogP) is 2.32. The molecule has 0 spiro atoms. The van der Waals surface area contributed by atoms with Gasteiger partial charge in [-0.1, -0.05) is 12.1 Å². The summed E-state index contributed by atoms with van der Waals surface area (Å²) in [6.07, 6.45) is 1.98. The zero-order chi connectivity index (χ0) is 20.1. The van der Waals surface area contributed by atoms with Crippen LogP contribution >= 0.6 is 0 Å². The lowest BCUT2D eigenvalue weighted by molar-refractivity contribution is 0.414. The maximum atomic E-state index is 13.1. The minimum Gasteiger partial charge on any atom is -0.497 e. The molecule has 1 aliphatic rings. The molecule has 3 aromatic rings. The molecule has 2 aromatic carbocycles. The van der Waals surface area contributed by atoms with Gasteiger partial charge in [-0.3, -0.25) is 9.13 Å². The fourth-order valence-corrected chi connectivity index (χ4v) is 4.88. The first-order valence-electron chi connectivity index (χ1n) is 9.13. The van der Waals surface area contributed by atoms with E-state index < -0.39 is 10.0 Å². The van der Waals surface area contributed by atoms with Gasteiger partial charge in [0.25, 0.3) is 0 Å². The minimum absolute atomic E-state index is 0.153. The summed E-state index contributed by atoms with van der Waals surface area (Å²) in [6, 6.07) is 12.0. The molecule has 1 fully saturated rings. The Balaban J connectivity index is 1.69. The van der Waals surface area contributed by atoms with Crippen LogP contribution in [0.3, 0.4) is 0 Å². The second-order valence-electron chi connectivity index (χ2n) is 7.26. The summed E-state index contributed by atoms with van der Waals surface area (Å²) in [7, 11) is 1.16. The van der Waals surface area contributed by atoms with E-state index in [-0.39, 0.29) is 22.5 Å². The molecule has 7 nitrogen and oxygen atoms in total.